The van der Waals surface area contributed by atoms with Crippen molar-refractivity contribution < 1.29 is 37.3 Å². The summed E-state index contributed by atoms with van der Waals surface area (Å²) in [6.07, 6.45) is -3.08. The number of carbonyl (C=O) groups is 2. The van der Waals surface area contributed by atoms with Crippen molar-refractivity contribution in [1.82, 2.24) is 25.0 Å². The molecule has 220 valence electrons. The zero-order valence-electron chi connectivity index (χ0n) is 22.4. The van der Waals surface area contributed by atoms with Crippen molar-refractivity contribution in [2.24, 2.45) is 11.3 Å². The molecule has 3 fully saturated rings. The van der Waals surface area contributed by atoms with Gasteiger partial charge in [0.2, 0.25) is 5.91 Å². The smallest absolute Gasteiger partial charge is 0.417 e. The highest BCUT2D eigenvalue weighted by molar-refractivity contribution is 7.80. The molecule has 5 rings (SSSR count). The molecule has 1 aromatic rings. The van der Waals surface area contributed by atoms with Gasteiger partial charge >= 0.3 is 12.3 Å². The Bertz CT molecular complexity index is 1170. The van der Waals surface area contributed by atoms with Crippen LogP contribution in [0.15, 0.2) is 12.3 Å². The highest BCUT2D eigenvalue weighted by Gasteiger charge is 2.61. The summed E-state index contributed by atoms with van der Waals surface area (Å²) in [5, 5.41) is 13.4. The number of thiocarbonyl (C=S) groups is 1. The zero-order chi connectivity index (χ0) is 28.8. The van der Waals surface area contributed by atoms with Crippen LogP contribution in [0.25, 0.3) is 0 Å². The third kappa shape index (κ3) is 5.09. The Hall–Kier alpha value is -2.71. The number of hydrogen-bond acceptors (Lipinski definition) is 6. The van der Waals surface area contributed by atoms with Crippen LogP contribution in [-0.4, -0.2) is 107 Å². The Labute approximate surface area is 235 Å². The standard InChI is InChI=1S/C26H34F3N5O5S/c1-30-23(40)34(20-4-6-39-13-21(20)38-2)18-8-17-12-33(24(36)37)14-25(17,9-18)22(35)32-5-3-19-15(11-32)7-16(10-31-19)26(27,28)29/h7,10,17-18,20-21H,3-6,8-9,11-14H2,1-2H3,(H,30,40)(H,36,37)/t17?,18?,20-,21+,25?/m0/s1. The first kappa shape index (κ1) is 28.8. The van der Waals surface area contributed by atoms with Gasteiger partial charge in [0.1, 0.15) is 6.10 Å². The highest BCUT2D eigenvalue weighted by Crippen LogP contribution is 2.52. The first-order valence-corrected chi connectivity index (χ1v) is 13.8. The molecule has 4 aliphatic rings. The van der Waals surface area contributed by atoms with Crippen LogP contribution in [0, 0.1) is 11.3 Å². The van der Waals surface area contributed by atoms with Crippen molar-refractivity contribution in [3.63, 3.8) is 0 Å². The summed E-state index contributed by atoms with van der Waals surface area (Å²) in [5.41, 5.74) is -0.945. The first-order valence-electron chi connectivity index (χ1n) is 13.4. The monoisotopic (exact) mass is 585 g/mol. The van der Waals surface area contributed by atoms with Gasteiger partial charge in [0.25, 0.3) is 0 Å². The van der Waals surface area contributed by atoms with Gasteiger partial charge in [0.05, 0.1) is 23.6 Å². The molecule has 14 heteroatoms. The van der Waals surface area contributed by atoms with Gasteiger partial charge in [0.15, 0.2) is 5.11 Å². The summed E-state index contributed by atoms with van der Waals surface area (Å²) >= 11 is 5.72. The third-order valence-electron chi connectivity index (χ3n) is 8.97. The van der Waals surface area contributed by atoms with Gasteiger partial charge in [-0.25, -0.2) is 4.79 Å². The fraction of sp³-hybridized carbons (Fsp3) is 0.692. The number of aromatic nitrogens is 1. The molecule has 2 N–H and O–H groups in total. The summed E-state index contributed by atoms with van der Waals surface area (Å²) in [5.74, 6) is -0.484. The molecule has 1 saturated carbocycles. The predicted octanol–water partition coefficient (Wildman–Crippen LogP) is 2.35. The van der Waals surface area contributed by atoms with Gasteiger partial charge < -0.3 is 34.6 Å². The number of methoxy groups -OCH3 is 1. The molecule has 0 aromatic carbocycles. The number of nitrogens with one attached hydrogen (secondary N) is 1. The molecule has 10 nitrogen and oxygen atoms in total. The molecular formula is C26H34F3N5O5S. The fourth-order valence-electron chi connectivity index (χ4n) is 7.06. The molecule has 40 heavy (non-hydrogen) atoms. The number of likely N-dealkylation sites (tertiary alicyclic amines) is 1. The van der Waals surface area contributed by atoms with Crippen LogP contribution < -0.4 is 5.32 Å². The van der Waals surface area contributed by atoms with E-state index in [-0.39, 0.29) is 49.6 Å². The third-order valence-corrected chi connectivity index (χ3v) is 9.39. The molecule has 0 spiro atoms. The Morgan fingerprint density at radius 1 is 1.35 bits per heavy atom. The average molecular weight is 586 g/mol. The van der Waals surface area contributed by atoms with Crippen LogP contribution in [0.3, 0.4) is 0 Å². The number of pyridine rings is 1. The quantitative estimate of drug-likeness (QED) is 0.515. The Kier molecular flexibility index (Phi) is 7.87. The number of carboxylic acid groups (broad SMARTS) is 1. The Morgan fingerprint density at radius 2 is 2.12 bits per heavy atom. The summed E-state index contributed by atoms with van der Waals surface area (Å²) in [7, 11) is 3.37. The second-order valence-corrected chi connectivity index (χ2v) is 11.5. The SMILES string of the molecule is CNC(=S)N(C1CC2CN(C(=O)O)CC2(C(=O)N2CCc3ncc(C(F)(F)F)cc3C2)C1)[C@H]1CCOC[C@H]1OC. The predicted molar refractivity (Wildman–Crippen MR) is 140 cm³/mol. The van der Waals surface area contributed by atoms with Crippen molar-refractivity contribution in [3.8, 4) is 0 Å². The van der Waals surface area contributed by atoms with Crippen LogP contribution in [0.2, 0.25) is 0 Å². The maximum atomic E-state index is 14.3. The number of ether oxygens (including phenoxy) is 2. The van der Waals surface area contributed by atoms with E-state index in [4.69, 9.17) is 21.7 Å². The lowest BCUT2D eigenvalue weighted by atomic mass is 9.78. The molecule has 2 saturated heterocycles. The minimum Gasteiger partial charge on any atom is -0.465 e. The van der Waals surface area contributed by atoms with Crippen LogP contribution >= 0.6 is 12.2 Å². The van der Waals surface area contributed by atoms with Crippen LogP contribution in [0.4, 0.5) is 18.0 Å². The zero-order valence-corrected chi connectivity index (χ0v) is 23.3. The van der Waals surface area contributed by atoms with Gasteiger partial charge in [-0.3, -0.25) is 9.78 Å². The summed E-state index contributed by atoms with van der Waals surface area (Å²) in [4.78, 5) is 35.3. The van der Waals surface area contributed by atoms with Gasteiger partial charge in [0, 0.05) is 71.3 Å². The summed E-state index contributed by atoms with van der Waals surface area (Å²) < 4.78 is 51.4. The molecule has 3 unspecified atom stereocenters. The van der Waals surface area contributed by atoms with E-state index in [0.717, 1.165) is 12.3 Å². The largest absolute Gasteiger partial charge is 0.465 e. The summed E-state index contributed by atoms with van der Waals surface area (Å²) in [6.45, 7) is 1.51. The molecule has 4 heterocycles. The second kappa shape index (κ2) is 10.9. The van der Waals surface area contributed by atoms with Crippen molar-refractivity contribution in [1.29, 1.82) is 0 Å². The first-order chi connectivity index (χ1) is 19.0. The van der Waals surface area contributed by atoms with Gasteiger partial charge in [-0.15, -0.1) is 0 Å². The van der Waals surface area contributed by atoms with E-state index in [1.807, 2.05) is 0 Å². The van der Waals surface area contributed by atoms with E-state index < -0.39 is 23.2 Å². The number of carbonyl (C=O) groups excluding carboxylic acids is 1. The molecule has 5 atom stereocenters. The van der Waals surface area contributed by atoms with Crippen LogP contribution in [0.5, 0.6) is 0 Å². The van der Waals surface area contributed by atoms with Crippen LogP contribution in [-0.2, 0) is 33.4 Å². The number of nitrogens with zero attached hydrogens (tertiary/aromatic N) is 4. The van der Waals surface area contributed by atoms with Crippen molar-refractivity contribution >= 4 is 29.3 Å². The van der Waals surface area contributed by atoms with E-state index in [2.05, 4.69) is 15.2 Å². The highest BCUT2D eigenvalue weighted by atomic mass is 32.1. The lowest BCUT2D eigenvalue weighted by Gasteiger charge is -2.44. The topological polar surface area (TPSA) is 107 Å². The van der Waals surface area contributed by atoms with E-state index in [9.17, 15) is 27.9 Å². The second-order valence-electron chi connectivity index (χ2n) is 11.1. The van der Waals surface area contributed by atoms with Crippen LogP contribution in [0.1, 0.15) is 36.1 Å². The number of fused-ring (bicyclic) bond motifs is 2. The lowest BCUT2D eigenvalue weighted by molar-refractivity contribution is -0.144. The van der Waals surface area contributed by atoms with E-state index in [0.29, 0.717) is 61.8 Å². The number of alkyl halides is 3. The van der Waals surface area contributed by atoms with Crippen molar-refractivity contribution in [2.75, 3.05) is 47.0 Å². The van der Waals surface area contributed by atoms with E-state index in [1.54, 1.807) is 19.1 Å². The Morgan fingerprint density at radius 3 is 2.80 bits per heavy atom. The van der Waals surface area contributed by atoms with Gasteiger partial charge in [-0.05, 0) is 49.0 Å². The molecule has 3 aliphatic heterocycles. The fourth-order valence-corrected chi connectivity index (χ4v) is 7.34. The average Bonchev–Trinajstić information content (AvgIpc) is 3.47. The molecule has 0 radical (unpaired) electrons. The lowest BCUT2D eigenvalue weighted by Crippen LogP contribution is -2.58. The van der Waals surface area contributed by atoms with E-state index >= 15 is 0 Å². The van der Waals surface area contributed by atoms with Gasteiger partial charge in [-0.1, -0.05) is 0 Å². The Balaban J connectivity index is 1.44. The van der Waals surface area contributed by atoms with Crippen molar-refractivity contribution in [3.05, 3.63) is 29.1 Å². The minimum absolute atomic E-state index is 0.00164. The normalized spacial score (nSPS) is 30.0. The molecular weight excluding hydrogens is 551 g/mol. The molecule has 1 aliphatic carbocycles. The minimum atomic E-state index is -4.54. The number of amides is 2. The van der Waals surface area contributed by atoms with Crippen molar-refractivity contribution in [2.45, 2.75) is 56.6 Å². The van der Waals surface area contributed by atoms with Gasteiger partial charge in [-0.2, -0.15) is 13.2 Å². The summed E-state index contributed by atoms with van der Waals surface area (Å²) in [6, 6.07) is 0.829. The maximum absolute atomic E-state index is 14.3. The number of rotatable bonds is 4. The maximum Gasteiger partial charge on any atom is 0.417 e. The number of halogens is 3. The number of hydrogen-bond donors (Lipinski definition) is 2. The molecule has 1 aromatic heterocycles. The molecule has 0 bridgehead atoms. The van der Waals surface area contributed by atoms with E-state index in [1.165, 1.54) is 4.90 Å². The molecule has 2 amide bonds.